The Morgan fingerprint density at radius 3 is 2.85 bits per heavy atom. The van der Waals surface area contributed by atoms with E-state index >= 15 is 0 Å². The first-order valence-electron chi connectivity index (χ1n) is 3.68. The Morgan fingerprint density at radius 1 is 1.46 bits per heavy atom. The van der Waals surface area contributed by atoms with Gasteiger partial charge < -0.3 is 15.7 Å². The van der Waals surface area contributed by atoms with Crippen LogP contribution in [0.2, 0.25) is 0 Å². The van der Waals surface area contributed by atoms with Gasteiger partial charge in [-0.1, -0.05) is 0 Å². The minimum Gasteiger partial charge on any atom is -0.364 e. The summed E-state index contributed by atoms with van der Waals surface area (Å²) in [6, 6.07) is 3.11. The Hall–Kier alpha value is -2.04. The first kappa shape index (κ1) is 7.60. The number of carbonyl (C=O) groups excluding carboxylic acids is 1. The quantitative estimate of drug-likeness (QED) is 0.570. The number of rotatable bonds is 1. The maximum atomic E-state index is 11.2. The van der Waals surface area contributed by atoms with Crippen molar-refractivity contribution in [2.24, 2.45) is 5.73 Å². The van der Waals surface area contributed by atoms with E-state index in [2.05, 4.69) is 9.97 Å². The lowest BCUT2D eigenvalue weighted by Gasteiger charge is -1.85. The van der Waals surface area contributed by atoms with E-state index in [4.69, 9.17) is 5.73 Å². The largest absolute Gasteiger partial charge is 0.364 e. The van der Waals surface area contributed by atoms with Crippen molar-refractivity contribution in [3.05, 3.63) is 34.4 Å². The van der Waals surface area contributed by atoms with E-state index in [-0.39, 0.29) is 11.3 Å². The summed E-state index contributed by atoms with van der Waals surface area (Å²) in [6.07, 6.45) is 1.51. The molecule has 0 aliphatic heterocycles. The second-order valence-corrected chi connectivity index (χ2v) is 2.68. The van der Waals surface area contributed by atoms with Gasteiger partial charge in [0.25, 0.3) is 11.5 Å². The summed E-state index contributed by atoms with van der Waals surface area (Å²) in [4.78, 5) is 27.2. The van der Waals surface area contributed by atoms with Gasteiger partial charge in [-0.25, -0.2) is 0 Å². The van der Waals surface area contributed by atoms with Gasteiger partial charge in [-0.3, -0.25) is 9.59 Å². The highest BCUT2D eigenvalue weighted by molar-refractivity contribution is 5.96. The fourth-order valence-electron chi connectivity index (χ4n) is 1.20. The second-order valence-electron chi connectivity index (χ2n) is 2.68. The number of hydrogen-bond donors (Lipinski definition) is 3. The van der Waals surface area contributed by atoms with Crippen LogP contribution in [0.3, 0.4) is 0 Å². The van der Waals surface area contributed by atoms with Gasteiger partial charge >= 0.3 is 0 Å². The number of pyridine rings is 1. The standard InChI is InChI=1S/C8H7N3O2/c9-7(12)6-3-4-5(11-6)1-2-10-8(4)13/h1-3,11H,(H2,9,12)(H,10,13). The molecule has 0 fully saturated rings. The fraction of sp³-hybridized carbons (Fsp3) is 0. The van der Waals surface area contributed by atoms with E-state index in [0.29, 0.717) is 10.9 Å². The molecule has 2 aromatic rings. The number of aromatic nitrogens is 2. The predicted octanol–water partition coefficient (Wildman–Crippen LogP) is -0.0449. The van der Waals surface area contributed by atoms with Gasteiger partial charge in [0.05, 0.1) is 10.9 Å². The van der Waals surface area contributed by atoms with E-state index in [1.54, 1.807) is 6.07 Å². The van der Waals surface area contributed by atoms with Crippen molar-refractivity contribution >= 4 is 16.8 Å². The number of nitrogens with two attached hydrogens (primary N) is 1. The van der Waals surface area contributed by atoms with Gasteiger partial charge in [-0.2, -0.15) is 0 Å². The highest BCUT2D eigenvalue weighted by Gasteiger charge is 2.06. The van der Waals surface area contributed by atoms with Crippen molar-refractivity contribution < 1.29 is 4.79 Å². The SMILES string of the molecule is NC(=O)c1cc2c(=O)[nH]ccc2[nH]1. The number of nitrogens with one attached hydrogen (secondary N) is 2. The summed E-state index contributed by atoms with van der Waals surface area (Å²) in [6.45, 7) is 0. The molecule has 0 saturated carbocycles. The zero-order chi connectivity index (χ0) is 9.42. The fourth-order valence-corrected chi connectivity index (χ4v) is 1.20. The Balaban J connectivity index is 2.83. The number of fused-ring (bicyclic) bond motifs is 1. The molecule has 0 saturated heterocycles. The van der Waals surface area contributed by atoms with Crippen LogP contribution in [-0.2, 0) is 0 Å². The Labute approximate surface area is 72.6 Å². The van der Waals surface area contributed by atoms with Gasteiger partial charge in [-0.15, -0.1) is 0 Å². The van der Waals surface area contributed by atoms with Gasteiger partial charge in [-0.05, 0) is 12.1 Å². The molecular weight excluding hydrogens is 170 g/mol. The molecule has 0 unspecified atom stereocenters. The molecule has 2 rings (SSSR count). The zero-order valence-electron chi connectivity index (χ0n) is 6.63. The molecular formula is C8H7N3O2. The summed E-state index contributed by atoms with van der Waals surface area (Å²) in [5, 5.41) is 0.441. The van der Waals surface area contributed by atoms with Gasteiger partial charge in [0.15, 0.2) is 0 Å². The van der Waals surface area contributed by atoms with Gasteiger partial charge in [0.2, 0.25) is 0 Å². The average Bonchev–Trinajstić information content (AvgIpc) is 2.49. The first-order chi connectivity index (χ1) is 6.18. The normalized spacial score (nSPS) is 10.5. The van der Waals surface area contributed by atoms with Crippen molar-refractivity contribution in [1.29, 1.82) is 0 Å². The molecule has 0 aromatic carbocycles. The number of primary amides is 1. The third-order valence-corrected chi connectivity index (χ3v) is 1.82. The molecule has 4 N–H and O–H groups in total. The van der Waals surface area contributed by atoms with E-state index in [1.807, 2.05) is 0 Å². The number of amides is 1. The van der Waals surface area contributed by atoms with E-state index in [0.717, 1.165) is 0 Å². The molecule has 0 atom stereocenters. The van der Waals surface area contributed by atoms with Crippen molar-refractivity contribution in [2.45, 2.75) is 0 Å². The number of H-pyrrole nitrogens is 2. The summed E-state index contributed by atoms with van der Waals surface area (Å²) in [5.41, 5.74) is 5.66. The maximum Gasteiger partial charge on any atom is 0.265 e. The zero-order valence-corrected chi connectivity index (χ0v) is 6.63. The van der Waals surface area contributed by atoms with Crippen LogP contribution in [0.5, 0.6) is 0 Å². The number of hydrogen-bond acceptors (Lipinski definition) is 2. The molecule has 13 heavy (non-hydrogen) atoms. The van der Waals surface area contributed by atoms with Crippen LogP contribution in [-0.4, -0.2) is 15.9 Å². The molecule has 2 heterocycles. The molecule has 2 aromatic heterocycles. The first-order valence-corrected chi connectivity index (χ1v) is 3.68. The van der Waals surface area contributed by atoms with Crippen LogP contribution in [0.15, 0.2) is 23.1 Å². The number of aromatic amines is 2. The van der Waals surface area contributed by atoms with Crippen LogP contribution in [0.4, 0.5) is 0 Å². The highest BCUT2D eigenvalue weighted by atomic mass is 16.1. The minimum absolute atomic E-state index is 0.235. The van der Waals surface area contributed by atoms with Crippen LogP contribution in [0.25, 0.3) is 10.9 Å². The molecule has 0 radical (unpaired) electrons. The molecule has 5 nitrogen and oxygen atoms in total. The molecule has 0 spiro atoms. The van der Waals surface area contributed by atoms with Crippen molar-refractivity contribution in [1.82, 2.24) is 9.97 Å². The van der Waals surface area contributed by atoms with E-state index in [1.165, 1.54) is 12.3 Å². The van der Waals surface area contributed by atoms with E-state index in [9.17, 15) is 9.59 Å². The summed E-state index contributed by atoms with van der Waals surface area (Å²) in [5.74, 6) is -0.574. The van der Waals surface area contributed by atoms with Crippen LogP contribution in [0.1, 0.15) is 10.5 Å². The topological polar surface area (TPSA) is 91.7 Å². The Bertz CT molecular complexity index is 523. The monoisotopic (exact) mass is 177 g/mol. The molecule has 0 aliphatic rings. The van der Waals surface area contributed by atoms with Crippen molar-refractivity contribution in [2.75, 3.05) is 0 Å². The van der Waals surface area contributed by atoms with Crippen molar-refractivity contribution in [3.8, 4) is 0 Å². The molecule has 0 bridgehead atoms. The molecule has 0 aliphatic carbocycles. The summed E-state index contributed by atoms with van der Waals surface area (Å²) < 4.78 is 0. The maximum absolute atomic E-state index is 11.2. The van der Waals surface area contributed by atoms with Crippen LogP contribution < -0.4 is 11.3 Å². The van der Waals surface area contributed by atoms with E-state index < -0.39 is 5.91 Å². The third kappa shape index (κ3) is 1.10. The second kappa shape index (κ2) is 2.48. The molecule has 5 heteroatoms. The predicted molar refractivity (Wildman–Crippen MR) is 47.4 cm³/mol. The lowest BCUT2D eigenvalue weighted by Crippen LogP contribution is -2.10. The smallest absolute Gasteiger partial charge is 0.265 e. The lowest BCUT2D eigenvalue weighted by molar-refractivity contribution is 0.0996. The van der Waals surface area contributed by atoms with Crippen molar-refractivity contribution in [3.63, 3.8) is 0 Å². The molecule has 1 amide bonds. The van der Waals surface area contributed by atoms with Gasteiger partial charge in [0.1, 0.15) is 5.69 Å². The lowest BCUT2D eigenvalue weighted by atomic mass is 10.3. The van der Waals surface area contributed by atoms with Crippen LogP contribution in [0, 0.1) is 0 Å². The van der Waals surface area contributed by atoms with Crippen LogP contribution >= 0.6 is 0 Å². The summed E-state index contributed by atoms with van der Waals surface area (Å²) in [7, 11) is 0. The Kier molecular flexibility index (Phi) is 1.45. The number of carbonyl (C=O) groups is 1. The third-order valence-electron chi connectivity index (χ3n) is 1.82. The van der Waals surface area contributed by atoms with Gasteiger partial charge in [0, 0.05) is 6.20 Å². The summed E-state index contributed by atoms with van der Waals surface area (Å²) >= 11 is 0. The molecule has 66 valence electrons. The Morgan fingerprint density at radius 2 is 2.23 bits per heavy atom. The average molecular weight is 177 g/mol. The minimum atomic E-state index is -0.574. The highest BCUT2D eigenvalue weighted by Crippen LogP contribution is 2.08.